The Labute approximate surface area is 111 Å². The first-order valence-corrected chi connectivity index (χ1v) is 8.20. The van der Waals surface area contributed by atoms with Gasteiger partial charge in [-0.05, 0) is 47.6 Å². The highest BCUT2D eigenvalue weighted by Crippen LogP contribution is 2.43. The van der Waals surface area contributed by atoms with Crippen LogP contribution in [0.3, 0.4) is 0 Å². The first-order valence-electron chi connectivity index (χ1n) is 6.81. The summed E-state index contributed by atoms with van der Waals surface area (Å²) in [4.78, 5) is 0. The van der Waals surface area contributed by atoms with Gasteiger partial charge in [0.15, 0.2) is 9.40 Å². The zero-order valence-electron chi connectivity index (χ0n) is 10.9. The van der Waals surface area contributed by atoms with Gasteiger partial charge in [-0.3, -0.25) is 0 Å². The number of benzene rings is 2. The van der Waals surface area contributed by atoms with E-state index in [4.69, 9.17) is 0 Å². The Morgan fingerprint density at radius 1 is 0.778 bits per heavy atom. The highest BCUT2D eigenvalue weighted by molar-refractivity contribution is 7.42. The fourth-order valence-corrected chi connectivity index (χ4v) is 5.18. The number of rotatable bonds is 4. The molecule has 0 aliphatic heterocycles. The van der Waals surface area contributed by atoms with Crippen LogP contribution < -0.4 is 0 Å². The normalized spacial score (nSPS) is 11.4. The molecule has 0 radical (unpaired) electrons. The van der Waals surface area contributed by atoms with Crippen LogP contribution in [0.4, 0.5) is 0 Å². The van der Waals surface area contributed by atoms with Gasteiger partial charge in [0.05, 0.1) is 0 Å². The summed E-state index contributed by atoms with van der Waals surface area (Å²) in [6.07, 6.45) is 4.01. The Morgan fingerprint density at radius 3 is 1.89 bits per heavy atom. The highest BCUT2D eigenvalue weighted by Gasteiger charge is 2.19. The van der Waals surface area contributed by atoms with E-state index >= 15 is 0 Å². The summed E-state index contributed by atoms with van der Waals surface area (Å²) in [6, 6.07) is 17.9. The number of fused-ring (bicyclic) bond motifs is 3. The van der Waals surface area contributed by atoms with Crippen molar-refractivity contribution >= 4 is 30.6 Å². The fourth-order valence-electron chi connectivity index (χ4n) is 2.64. The number of hydrogen-bond acceptors (Lipinski definition) is 0. The molecule has 0 saturated carbocycles. The fraction of sp³-hybridized carbons (Fsp3) is 0.294. The average Bonchev–Trinajstić information content (AvgIpc) is 2.74. The van der Waals surface area contributed by atoms with Crippen molar-refractivity contribution in [3.63, 3.8) is 0 Å². The van der Waals surface area contributed by atoms with E-state index in [2.05, 4.69) is 55.5 Å². The van der Waals surface area contributed by atoms with Crippen LogP contribution >= 0.6 is 10.5 Å². The zero-order valence-corrected chi connectivity index (χ0v) is 11.7. The minimum Gasteiger partial charge on any atom is -0.0654 e. The quantitative estimate of drug-likeness (QED) is 0.400. The van der Waals surface area contributed by atoms with E-state index in [1.807, 2.05) is 0 Å². The van der Waals surface area contributed by atoms with Crippen molar-refractivity contribution in [2.24, 2.45) is 0 Å². The van der Waals surface area contributed by atoms with Gasteiger partial charge in [-0.1, -0.05) is 37.6 Å². The van der Waals surface area contributed by atoms with Gasteiger partial charge in [0.2, 0.25) is 0 Å². The lowest BCUT2D eigenvalue weighted by molar-refractivity contribution is 0.753. The molecule has 0 nitrogen and oxygen atoms in total. The molecule has 1 heteroatoms. The van der Waals surface area contributed by atoms with E-state index in [0.29, 0.717) is 10.5 Å². The van der Waals surface area contributed by atoms with Crippen molar-refractivity contribution in [3.8, 4) is 0 Å². The molecule has 0 unspecified atom stereocenters. The van der Waals surface area contributed by atoms with Crippen LogP contribution in [-0.2, 0) is 5.75 Å². The maximum atomic E-state index is 2.32. The molecule has 92 valence electrons. The molecule has 1 heterocycles. The van der Waals surface area contributed by atoms with Crippen LogP contribution in [0.25, 0.3) is 20.2 Å². The van der Waals surface area contributed by atoms with Gasteiger partial charge in [0.1, 0.15) is 5.75 Å². The standard InChI is InChI=1S/C17H19S/c1-2-3-8-13-18-16-11-6-4-9-14(16)15-10-5-7-12-17(15)18/h4-7,9-12H,2-3,8,13H2,1H3/q+1. The van der Waals surface area contributed by atoms with Gasteiger partial charge in [0.25, 0.3) is 0 Å². The van der Waals surface area contributed by atoms with Crippen LogP contribution in [0.5, 0.6) is 0 Å². The van der Waals surface area contributed by atoms with E-state index < -0.39 is 0 Å². The van der Waals surface area contributed by atoms with E-state index in [1.54, 1.807) is 9.40 Å². The predicted molar refractivity (Wildman–Crippen MR) is 83.5 cm³/mol. The first-order chi connectivity index (χ1) is 8.92. The smallest absolute Gasteiger partial charge is 0.0654 e. The van der Waals surface area contributed by atoms with Crippen LogP contribution in [0.15, 0.2) is 48.5 Å². The summed E-state index contributed by atoms with van der Waals surface area (Å²) in [5.74, 6) is 1.32. The molecule has 1 aromatic heterocycles. The molecule has 0 saturated heterocycles. The van der Waals surface area contributed by atoms with Crippen LogP contribution in [0, 0.1) is 0 Å². The Morgan fingerprint density at radius 2 is 1.33 bits per heavy atom. The summed E-state index contributed by atoms with van der Waals surface area (Å²) in [5, 5.41) is 2.93. The van der Waals surface area contributed by atoms with Crippen molar-refractivity contribution < 1.29 is 0 Å². The Hall–Kier alpha value is -1.34. The lowest BCUT2D eigenvalue weighted by Crippen LogP contribution is -1.75. The van der Waals surface area contributed by atoms with E-state index in [1.165, 1.54) is 35.8 Å². The molecule has 0 aliphatic rings. The SMILES string of the molecule is CCCCC[s+]1c2ccccc2c2ccccc21. The summed E-state index contributed by atoms with van der Waals surface area (Å²) in [7, 11) is 0.321. The molecule has 2 aromatic carbocycles. The molecule has 0 amide bonds. The maximum Gasteiger partial charge on any atom is 0.181 e. The third-order valence-electron chi connectivity index (χ3n) is 3.55. The second kappa shape index (κ2) is 5.11. The van der Waals surface area contributed by atoms with Crippen LogP contribution in [0.2, 0.25) is 0 Å². The molecule has 0 atom stereocenters. The molecular formula is C17H19S+. The molecule has 3 rings (SSSR count). The average molecular weight is 255 g/mol. The minimum absolute atomic E-state index is 0.321. The molecule has 18 heavy (non-hydrogen) atoms. The van der Waals surface area contributed by atoms with Crippen molar-refractivity contribution in [1.29, 1.82) is 0 Å². The highest BCUT2D eigenvalue weighted by atomic mass is 32.2. The van der Waals surface area contributed by atoms with Gasteiger partial charge in [-0.25, -0.2) is 0 Å². The number of hydrogen-bond donors (Lipinski definition) is 0. The summed E-state index contributed by atoms with van der Waals surface area (Å²) >= 11 is 0. The summed E-state index contributed by atoms with van der Waals surface area (Å²) in [6.45, 7) is 2.28. The van der Waals surface area contributed by atoms with Gasteiger partial charge < -0.3 is 0 Å². The lowest BCUT2D eigenvalue weighted by Gasteiger charge is -1.93. The van der Waals surface area contributed by atoms with Crippen molar-refractivity contribution in [2.75, 3.05) is 0 Å². The monoisotopic (exact) mass is 255 g/mol. The van der Waals surface area contributed by atoms with Crippen LogP contribution in [0.1, 0.15) is 26.2 Å². The molecule has 3 aromatic rings. The summed E-state index contributed by atoms with van der Waals surface area (Å²) in [5.41, 5.74) is 0. The molecule has 0 bridgehead atoms. The zero-order chi connectivity index (χ0) is 12.4. The lowest BCUT2D eigenvalue weighted by atomic mass is 10.2. The Bertz CT molecular complexity index is 610. The molecule has 0 fully saturated rings. The second-order valence-electron chi connectivity index (χ2n) is 4.79. The first kappa shape index (κ1) is 11.7. The number of unbranched alkanes of at least 4 members (excludes halogenated alkanes) is 2. The Balaban J connectivity index is 2.18. The molecule has 0 spiro atoms. The van der Waals surface area contributed by atoms with Gasteiger partial charge in [-0.2, -0.15) is 0 Å². The van der Waals surface area contributed by atoms with Gasteiger partial charge in [0, 0.05) is 10.8 Å². The second-order valence-corrected chi connectivity index (χ2v) is 6.86. The predicted octanol–water partition coefficient (Wildman–Crippen LogP) is 5.93. The molecule has 0 N–H and O–H groups in total. The maximum absolute atomic E-state index is 2.32. The van der Waals surface area contributed by atoms with Crippen LogP contribution in [-0.4, -0.2) is 0 Å². The molecule has 0 aliphatic carbocycles. The van der Waals surface area contributed by atoms with Gasteiger partial charge in [-0.15, -0.1) is 0 Å². The third-order valence-corrected chi connectivity index (χ3v) is 6.02. The number of thiophene rings is 1. The van der Waals surface area contributed by atoms with Crippen molar-refractivity contribution in [3.05, 3.63) is 48.5 Å². The number of aryl methyl sites for hydroxylation is 1. The van der Waals surface area contributed by atoms with E-state index in [9.17, 15) is 0 Å². The van der Waals surface area contributed by atoms with Crippen molar-refractivity contribution in [1.82, 2.24) is 0 Å². The third kappa shape index (κ3) is 1.93. The van der Waals surface area contributed by atoms with Crippen molar-refractivity contribution in [2.45, 2.75) is 31.9 Å². The van der Waals surface area contributed by atoms with Gasteiger partial charge >= 0.3 is 0 Å². The largest absolute Gasteiger partial charge is 0.181 e. The summed E-state index contributed by atoms with van der Waals surface area (Å²) < 4.78 is 3.13. The molecular weight excluding hydrogens is 236 g/mol. The topological polar surface area (TPSA) is 0 Å². The Kier molecular flexibility index (Phi) is 3.33. The van der Waals surface area contributed by atoms with E-state index in [-0.39, 0.29) is 0 Å². The minimum atomic E-state index is 0.321. The van der Waals surface area contributed by atoms with E-state index in [0.717, 1.165) is 0 Å².